The van der Waals surface area contributed by atoms with Crippen molar-refractivity contribution in [1.82, 2.24) is 4.57 Å². The van der Waals surface area contributed by atoms with Gasteiger partial charge in [0.05, 0.1) is 40.1 Å². The Balaban J connectivity index is 1.64. The van der Waals surface area contributed by atoms with Gasteiger partial charge in [-0.1, -0.05) is 35.6 Å². The first-order valence-corrected chi connectivity index (χ1v) is 13.2. The van der Waals surface area contributed by atoms with Crippen molar-refractivity contribution in [2.75, 3.05) is 25.6 Å². The van der Waals surface area contributed by atoms with Crippen molar-refractivity contribution >= 4 is 29.1 Å². The van der Waals surface area contributed by atoms with Crippen LogP contribution in [0.1, 0.15) is 36.8 Å². The summed E-state index contributed by atoms with van der Waals surface area (Å²) in [6.07, 6.45) is 1.66. The van der Waals surface area contributed by atoms with Crippen molar-refractivity contribution < 1.29 is 13.9 Å². The Kier molecular flexibility index (Phi) is 7.05. The Morgan fingerprint density at radius 1 is 1.18 bits per heavy atom. The predicted octanol–water partition coefficient (Wildman–Crippen LogP) is 4.00. The van der Waals surface area contributed by atoms with E-state index in [1.807, 2.05) is 55.4 Å². The van der Waals surface area contributed by atoms with Gasteiger partial charge in [-0.25, -0.2) is 9.79 Å². The Morgan fingerprint density at radius 3 is 2.62 bits per heavy atom. The van der Waals surface area contributed by atoms with Gasteiger partial charge in [-0.15, -0.1) is 0 Å². The molecule has 2 aromatic heterocycles. The molecule has 196 valence electrons. The van der Waals surface area contributed by atoms with E-state index in [-0.39, 0.29) is 12.2 Å². The minimum atomic E-state index is -0.687. The second kappa shape index (κ2) is 10.6. The van der Waals surface area contributed by atoms with Gasteiger partial charge >= 0.3 is 5.97 Å². The lowest BCUT2D eigenvalue weighted by Gasteiger charge is -2.25. The molecule has 39 heavy (non-hydrogen) atoms. The summed E-state index contributed by atoms with van der Waals surface area (Å²) >= 11 is 1.23. The zero-order valence-corrected chi connectivity index (χ0v) is 22.8. The second-order valence-corrected chi connectivity index (χ2v) is 10.2. The number of hydrogen-bond acceptors (Lipinski definition) is 8. The highest BCUT2D eigenvalue weighted by atomic mass is 32.1. The molecule has 0 fully saturated rings. The van der Waals surface area contributed by atoms with Gasteiger partial charge in [0.15, 0.2) is 4.80 Å². The van der Waals surface area contributed by atoms with Gasteiger partial charge in [-0.3, -0.25) is 9.36 Å². The molecule has 0 aliphatic carbocycles. The van der Waals surface area contributed by atoms with Crippen LogP contribution in [0.25, 0.3) is 17.4 Å². The van der Waals surface area contributed by atoms with E-state index in [1.165, 1.54) is 11.3 Å². The first-order valence-electron chi connectivity index (χ1n) is 12.4. The second-order valence-electron chi connectivity index (χ2n) is 9.15. The molecule has 1 aliphatic heterocycles. The molecule has 5 rings (SSSR count). The molecule has 0 bridgehead atoms. The Bertz CT molecular complexity index is 1820. The summed E-state index contributed by atoms with van der Waals surface area (Å²) in [5, 5.41) is 9.44. The van der Waals surface area contributed by atoms with E-state index in [4.69, 9.17) is 9.15 Å². The van der Waals surface area contributed by atoms with Crippen molar-refractivity contribution in [3.63, 3.8) is 0 Å². The summed E-state index contributed by atoms with van der Waals surface area (Å²) in [5.41, 5.74) is 3.51. The normalized spacial score (nSPS) is 14.9. The van der Waals surface area contributed by atoms with Crippen molar-refractivity contribution in [2.24, 2.45) is 4.99 Å². The van der Waals surface area contributed by atoms with Crippen LogP contribution in [-0.4, -0.2) is 31.2 Å². The largest absolute Gasteiger partial charge is 0.463 e. The molecular weight excluding hydrogens is 512 g/mol. The van der Waals surface area contributed by atoms with E-state index in [0.717, 1.165) is 11.3 Å². The molecule has 1 atom stereocenters. The third kappa shape index (κ3) is 4.82. The topological polar surface area (TPSA) is 101 Å². The number of carbonyl (C=O) groups is 1. The highest BCUT2D eigenvalue weighted by Crippen LogP contribution is 2.32. The summed E-state index contributed by atoms with van der Waals surface area (Å²) < 4.78 is 13.3. The Labute approximate surface area is 229 Å². The predicted molar refractivity (Wildman–Crippen MR) is 150 cm³/mol. The zero-order valence-electron chi connectivity index (χ0n) is 22.0. The molecule has 4 aromatic rings. The summed E-state index contributed by atoms with van der Waals surface area (Å²) in [4.78, 5) is 34.0. The first-order chi connectivity index (χ1) is 18.8. The van der Waals surface area contributed by atoms with Gasteiger partial charge < -0.3 is 14.1 Å². The van der Waals surface area contributed by atoms with E-state index in [2.05, 4.69) is 11.1 Å². The van der Waals surface area contributed by atoms with E-state index in [0.29, 0.717) is 43.3 Å². The third-order valence-corrected chi connectivity index (χ3v) is 7.44. The number of hydrogen-bond donors (Lipinski definition) is 0. The maximum Gasteiger partial charge on any atom is 0.338 e. The molecule has 0 N–H and O–H groups in total. The van der Waals surface area contributed by atoms with Crippen molar-refractivity contribution in [2.45, 2.75) is 19.9 Å². The molecule has 2 aromatic carbocycles. The SMILES string of the molecule is CCOC(=O)C1=C(C)N=c2s/c(=C/c3ccc(-c4ccccc4C#N)o3)c(=O)n2C1c1ccc(N(C)C)cc1. The fourth-order valence-corrected chi connectivity index (χ4v) is 5.59. The molecule has 1 aliphatic rings. The number of carbonyl (C=O) groups excluding carboxylic acids is 1. The van der Waals surface area contributed by atoms with Gasteiger partial charge in [0.1, 0.15) is 11.5 Å². The number of benzene rings is 2. The molecule has 0 amide bonds. The van der Waals surface area contributed by atoms with Crippen LogP contribution in [0.5, 0.6) is 0 Å². The van der Waals surface area contributed by atoms with Crippen LogP contribution in [-0.2, 0) is 9.53 Å². The molecule has 3 heterocycles. The number of allylic oxidation sites excluding steroid dienone is 1. The average Bonchev–Trinajstić information content (AvgIpc) is 3.52. The van der Waals surface area contributed by atoms with Crippen LogP contribution < -0.4 is 19.8 Å². The lowest BCUT2D eigenvalue weighted by atomic mass is 9.95. The molecule has 9 heteroatoms. The van der Waals surface area contributed by atoms with Crippen LogP contribution in [0.15, 0.2) is 86.1 Å². The summed E-state index contributed by atoms with van der Waals surface area (Å²) in [6.45, 7) is 3.72. The number of anilines is 1. The molecule has 0 spiro atoms. The molecule has 0 saturated carbocycles. The van der Waals surface area contributed by atoms with Crippen LogP contribution in [0.4, 0.5) is 5.69 Å². The maximum atomic E-state index is 13.8. The highest BCUT2D eigenvalue weighted by Gasteiger charge is 2.33. The number of thiazole rings is 1. The quantitative estimate of drug-likeness (QED) is 0.344. The molecule has 0 saturated heterocycles. The van der Waals surface area contributed by atoms with Crippen molar-refractivity contribution in [1.29, 1.82) is 5.26 Å². The number of nitriles is 1. The maximum absolute atomic E-state index is 13.8. The first kappa shape index (κ1) is 25.9. The summed E-state index contributed by atoms with van der Waals surface area (Å²) in [7, 11) is 3.90. The number of esters is 1. The smallest absolute Gasteiger partial charge is 0.338 e. The monoisotopic (exact) mass is 538 g/mol. The van der Waals surface area contributed by atoms with E-state index >= 15 is 0 Å². The number of nitrogens with zero attached hydrogens (tertiary/aromatic N) is 4. The number of aromatic nitrogens is 1. The van der Waals surface area contributed by atoms with Crippen LogP contribution >= 0.6 is 11.3 Å². The number of fused-ring (bicyclic) bond motifs is 1. The van der Waals surface area contributed by atoms with Gasteiger partial charge in [-0.05, 0) is 55.8 Å². The van der Waals surface area contributed by atoms with Crippen LogP contribution in [0, 0.1) is 11.3 Å². The van der Waals surface area contributed by atoms with Gasteiger partial charge in [0.25, 0.3) is 5.56 Å². The fourth-order valence-electron chi connectivity index (χ4n) is 4.56. The number of rotatable bonds is 6. The zero-order chi connectivity index (χ0) is 27.7. The minimum Gasteiger partial charge on any atom is -0.463 e. The van der Waals surface area contributed by atoms with Crippen LogP contribution in [0.2, 0.25) is 0 Å². The van der Waals surface area contributed by atoms with Gasteiger partial charge in [0, 0.05) is 31.4 Å². The number of ether oxygens (including phenoxy) is 1. The Hall–Kier alpha value is -4.68. The summed E-state index contributed by atoms with van der Waals surface area (Å²) in [5.74, 6) is 0.503. The standard InChI is InChI=1S/C30H26N4O4S/c1-5-37-29(36)26-18(2)32-30-34(27(26)19-10-12-21(13-11-19)33(3)4)28(35)25(39-30)16-22-14-15-24(38-22)23-9-7-6-8-20(23)17-31/h6-16,27H,5H2,1-4H3/b25-16+. The third-order valence-electron chi connectivity index (χ3n) is 6.46. The summed E-state index contributed by atoms with van der Waals surface area (Å²) in [6, 6.07) is 19.9. The van der Waals surface area contributed by atoms with Gasteiger partial charge in [0.2, 0.25) is 0 Å². The minimum absolute atomic E-state index is 0.210. The lowest BCUT2D eigenvalue weighted by Crippen LogP contribution is -2.39. The molecule has 8 nitrogen and oxygen atoms in total. The lowest BCUT2D eigenvalue weighted by molar-refractivity contribution is -0.139. The molecule has 1 unspecified atom stereocenters. The van der Waals surface area contributed by atoms with E-state index in [9.17, 15) is 14.9 Å². The molecule has 0 radical (unpaired) electrons. The van der Waals surface area contributed by atoms with Crippen molar-refractivity contribution in [3.8, 4) is 17.4 Å². The highest BCUT2D eigenvalue weighted by molar-refractivity contribution is 7.07. The fraction of sp³-hybridized carbons (Fsp3) is 0.200. The number of furan rings is 1. The van der Waals surface area contributed by atoms with Crippen LogP contribution in [0.3, 0.4) is 0 Å². The van der Waals surface area contributed by atoms with E-state index < -0.39 is 12.0 Å². The average molecular weight is 539 g/mol. The van der Waals surface area contributed by atoms with Gasteiger partial charge in [-0.2, -0.15) is 5.26 Å². The van der Waals surface area contributed by atoms with Crippen molar-refractivity contribution in [3.05, 3.63) is 109 Å². The molecular formula is C30H26N4O4S. The van der Waals surface area contributed by atoms with E-state index in [1.54, 1.807) is 48.8 Å². The Morgan fingerprint density at radius 2 is 1.92 bits per heavy atom.